The Balaban J connectivity index is 1.66. The number of halogens is 2. The third-order valence-corrected chi connectivity index (χ3v) is 5.57. The van der Waals surface area contributed by atoms with E-state index in [0.717, 1.165) is 17.4 Å². The van der Waals surface area contributed by atoms with Crippen molar-refractivity contribution < 1.29 is 23.5 Å². The van der Waals surface area contributed by atoms with E-state index in [9.17, 15) is 18.4 Å². The zero-order chi connectivity index (χ0) is 18.3. The van der Waals surface area contributed by atoms with Gasteiger partial charge in [-0.3, -0.25) is 4.79 Å². The number of carbonyl (C=O) groups is 2. The maximum absolute atomic E-state index is 13.8. The number of hydrogen-bond donors (Lipinski definition) is 2. The number of benzene rings is 1. The van der Waals surface area contributed by atoms with Gasteiger partial charge in [-0.1, -0.05) is 12.1 Å². The number of amides is 1. The van der Waals surface area contributed by atoms with Gasteiger partial charge >= 0.3 is 5.97 Å². The zero-order valence-electron chi connectivity index (χ0n) is 13.5. The van der Waals surface area contributed by atoms with Crippen LogP contribution in [0.2, 0.25) is 0 Å². The van der Waals surface area contributed by atoms with Crippen LogP contribution in [-0.2, 0) is 4.79 Å². The number of aryl methyl sites for hydroxylation is 1. The van der Waals surface area contributed by atoms with E-state index in [-0.39, 0.29) is 22.3 Å². The standard InChI is InChI=1S/C17H16F2N2O3S/c1-7-14(17(23)24)25-16(21-7)8(2)20-15(22)11-6-10(11)9-4-3-5-12(18)13(9)19/h3-5,8,10-11H,6H2,1-2H3,(H,20,22)(H,23,24). The maximum atomic E-state index is 13.8. The minimum absolute atomic E-state index is 0.141. The van der Waals surface area contributed by atoms with E-state index in [0.29, 0.717) is 17.1 Å². The van der Waals surface area contributed by atoms with E-state index in [4.69, 9.17) is 5.11 Å². The first kappa shape index (κ1) is 17.5. The highest BCUT2D eigenvalue weighted by Gasteiger charge is 2.46. The second-order valence-corrected chi connectivity index (χ2v) is 7.12. The van der Waals surface area contributed by atoms with Crippen molar-refractivity contribution in [3.8, 4) is 0 Å². The molecule has 1 fully saturated rings. The minimum Gasteiger partial charge on any atom is -0.477 e. The van der Waals surface area contributed by atoms with Gasteiger partial charge in [-0.05, 0) is 37.8 Å². The molecule has 8 heteroatoms. The van der Waals surface area contributed by atoms with E-state index >= 15 is 0 Å². The normalized spacial score (nSPS) is 20.2. The third kappa shape index (κ3) is 3.39. The van der Waals surface area contributed by atoms with Gasteiger partial charge < -0.3 is 10.4 Å². The number of thiazole rings is 1. The van der Waals surface area contributed by atoms with Crippen LogP contribution in [0.15, 0.2) is 18.2 Å². The lowest BCUT2D eigenvalue weighted by Crippen LogP contribution is -2.28. The first-order valence-corrected chi connectivity index (χ1v) is 8.56. The summed E-state index contributed by atoms with van der Waals surface area (Å²) in [7, 11) is 0. The van der Waals surface area contributed by atoms with Gasteiger partial charge in [0.1, 0.15) is 9.88 Å². The lowest BCUT2D eigenvalue weighted by atomic mass is 10.1. The number of carboxylic acid groups (broad SMARTS) is 1. The molecule has 0 bridgehead atoms. The Labute approximate surface area is 146 Å². The van der Waals surface area contributed by atoms with Crippen molar-refractivity contribution in [2.24, 2.45) is 5.92 Å². The topological polar surface area (TPSA) is 79.3 Å². The van der Waals surface area contributed by atoms with Gasteiger partial charge in [0.05, 0.1) is 11.7 Å². The highest BCUT2D eigenvalue weighted by atomic mass is 32.1. The molecular weight excluding hydrogens is 350 g/mol. The molecule has 1 amide bonds. The van der Waals surface area contributed by atoms with Gasteiger partial charge in [-0.2, -0.15) is 0 Å². The fraction of sp³-hybridized carbons (Fsp3) is 0.353. The van der Waals surface area contributed by atoms with Crippen LogP contribution in [0, 0.1) is 24.5 Å². The molecule has 1 heterocycles. The molecule has 25 heavy (non-hydrogen) atoms. The molecule has 0 spiro atoms. The molecule has 1 aliphatic carbocycles. The lowest BCUT2D eigenvalue weighted by Gasteiger charge is -2.11. The second-order valence-electron chi connectivity index (χ2n) is 6.09. The Morgan fingerprint density at radius 3 is 2.76 bits per heavy atom. The molecule has 0 radical (unpaired) electrons. The summed E-state index contributed by atoms with van der Waals surface area (Å²) in [5, 5.41) is 12.3. The average Bonchev–Trinajstić information content (AvgIpc) is 3.24. The summed E-state index contributed by atoms with van der Waals surface area (Å²) in [6.45, 7) is 3.31. The summed E-state index contributed by atoms with van der Waals surface area (Å²) < 4.78 is 27.1. The van der Waals surface area contributed by atoms with Gasteiger partial charge in [0, 0.05) is 5.92 Å². The fourth-order valence-electron chi connectivity index (χ4n) is 2.82. The van der Waals surface area contributed by atoms with Gasteiger partial charge in [0.2, 0.25) is 5.91 Å². The number of aromatic carboxylic acids is 1. The van der Waals surface area contributed by atoms with Gasteiger partial charge in [-0.15, -0.1) is 11.3 Å². The van der Waals surface area contributed by atoms with Gasteiger partial charge in [0.15, 0.2) is 11.6 Å². The third-order valence-electron chi connectivity index (χ3n) is 4.24. The van der Waals surface area contributed by atoms with Crippen LogP contribution >= 0.6 is 11.3 Å². The SMILES string of the molecule is Cc1nc(C(C)NC(=O)C2CC2c2cccc(F)c2F)sc1C(=O)O. The van der Waals surface area contributed by atoms with Gasteiger partial charge in [-0.25, -0.2) is 18.6 Å². The van der Waals surface area contributed by atoms with Crippen LogP contribution in [-0.4, -0.2) is 22.0 Å². The van der Waals surface area contributed by atoms with Crippen LogP contribution < -0.4 is 5.32 Å². The van der Waals surface area contributed by atoms with Crippen molar-refractivity contribution in [2.75, 3.05) is 0 Å². The quantitative estimate of drug-likeness (QED) is 0.850. The molecule has 3 atom stereocenters. The van der Waals surface area contributed by atoms with Crippen molar-refractivity contribution >= 4 is 23.2 Å². The largest absolute Gasteiger partial charge is 0.477 e. The molecular formula is C17H16F2N2O3S. The van der Waals surface area contributed by atoms with Crippen molar-refractivity contribution in [2.45, 2.75) is 32.2 Å². The number of nitrogens with zero attached hydrogens (tertiary/aromatic N) is 1. The number of carboxylic acids is 1. The smallest absolute Gasteiger partial charge is 0.347 e. The Morgan fingerprint density at radius 2 is 2.12 bits per heavy atom. The Bertz CT molecular complexity index is 852. The molecule has 1 aromatic carbocycles. The van der Waals surface area contributed by atoms with Crippen molar-refractivity contribution in [3.05, 3.63) is 51.0 Å². The van der Waals surface area contributed by atoms with Crippen LogP contribution in [0.5, 0.6) is 0 Å². The maximum Gasteiger partial charge on any atom is 0.347 e. The molecule has 0 saturated heterocycles. The number of carbonyl (C=O) groups excluding carboxylic acids is 1. The Hall–Kier alpha value is -2.35. The van der Waals surface area contributed by atoms with Crippen LogP contribution in [0.3, 0.4) is 0 Å². The van der Waals surface area contributed by atoms with Gasteiger partial charge in [0.25, 0.3) is 0 Å². The van der Waals surface area contributed by atoms with E-state index in [1.807, 2.05) is 0 Å². The first-order valence-electron chi connectivity index (χ1n) is 7.74. The minimum atomic E-state index is -1.05. The van der Waals surface area contributed by atoms with Crippen molar-refractivity contribution in [1.82, 2.24) is 10.3 Å². The van der Waals surface area contributed by atoms with E-state index < -0.39 is 29.6 Å². The monoisotopic (exact) mass is 366 g/mol. The molecule has 5 nitrogen and oxygen atoms in total. The summed E-state index contributed by atoms with van der Waals surface area (Å²) in [6, 6.07) is 3.50. The van der Waals surface area contributed by atoms with Crippen molar-refractivity contribution in [1.29, 1.82) is 0 Å². The summed E-state index contributed by atoms with van der Waals surface area (Å²) >= 11 is 1.02. The molecule has 3 rings (SSSR count). The average molecular weight is 366 g/mol. The number of nitrogens with one attached hydrogen (secondary N) is 1. The van der Waals surface area contributed by atoms with Crippen LogP contribution in [0.25, 0.3) is 0 Å². The Kier molecular flexibility index (Phi) is 4.55. The highest BCUT2D eigenvalue weighted by Crippen LogP contribution is 2.48. The summed E-state index contributed by atoms with van der Waals surface area (Å²) in [4.78, 5) is 27.7. The molecule has 1 aromatic heterocycles. The fourth-order valence-corrected chi connectivity index (χ4v) is 3.73. The predicted molar refractivity (Wildman–Crippen MR) is 87.6 cm³/mol. The number of aromatic nitrogens is 1. The number of hydrogen-bond acceptors (Lipinski definition) is 4. The first-order chi connectivity index (χ1) is 11.8. The van der Waals surface area contributed by atoms with E-state index in [2.05, 4.69) is 10.3 Å². The number of rotatable bonds is 5. The summed E-state index contributed by atoms with van der Waals surface area (Å²) in [6.07, 6.45) is 0.455. The van der Waals surface area contributed by atoms with Crippen LogP contribution in [0.4, 0.5) is 8.78 Å². The second kappa shape index (κ2) is 6.51. The molecule has 2 aromatic rings. The highest BCUT2D eigenvalue weighted by molar-refractivity contribution is 7.13. The predicted octanol–water partition coefficient (Wildman–Crippen LogP) is 3.41. The Morgan fingerprint density at radius 1 is 1.40 bits per heavy atom. The molecule has 1 saturated carbocycles. The molecule has 3 unspecified atom stereocenters. The molecule has 0 aliphatic heterocycles. The summed E-state index contributed by atoms with van der Waals surface area (Å²) in [5.74, 6) is -3.90. The summed E-state index contributed by atoms with van der Waals surface area (Å²) in [5.41, 5.74) is 0.616. The molecule has 2 N–H and O–H groups in total. The zero-order valence-corrected chi connectivity index (χ0v) is 14.4. The molecule has 1 aliphatic rings. The lowest BCUT2D eigenvalue weighted by molar-refractivity contribution is -0.123. The van der Waals surface area contributed by atoms with E-state index in [1.165, 1.54) is 12.1 Å². The van der Waals surface area contributed by atoms with Crippen molar-refractivity contribution in [3.63, 3.8) is 0 Å². The van der Waals surface area contributed by atoms with Crippen LogP contribution in [0.1, 0.15) is 51.2 Å². The van der Waals surface area contributed by atoms with E-state index in [1.54, 1.807) is 13.8 Å². The molecule has 132 valence electrons.